The Kier molecular flexibility index (Phi) is 5.74. The lowest BCUT2D eigenvalue weighted by Crippen LogP contribution is -2.36. The van der Waals surface area contributed by atoms with Crippen molar-refractivity contribution in [2.75, 3.05) is 26.2 Å². The topological polar surface area (TPSA) is 61.1 Å². The molecule has 2 saturated heterocycles. The number of aliphatic hydroxyl groups excluding tert-OH is 1. The molecule has 2 aromatic heterocycles. The summed E-state index contributed by atoms with van der Waals surface area (Å²) in [5, 5.41) is 10.8. The Labute approximate surface area is 183 Å². The SMILES string of the molecule is O=C(c1nc2ccccn2c1CN1CCC(C(O)c2ccccc2)CC1)N1CCCC1. The summed E-state index contributed by atoms with van der Waals surface area (Å²) in [4.78, 5) is 22.2. The molecule has 0 radical (unpaired) electrons. The van der Waals surface area contributed by atoms with Crippen LogP contribution in [-0.4, -0.2) is 56.4 Å². The number of piperidine rings is 1. The third-order valence-corrected chi connectivity index (χ3v) is 6.82. The van der Waals surface area contributed by atoms with Gasteiger partial charge < -0.3 is 14.4 Å². The molecule has 0 saturated carbocycles. The molecule has 1 aromatic carbocycles. The van der Waals surface area contributed by atoms with Crippen LogP contribution >= 0.6 is 0 Å². The average molecular weight is 419 g/mol. The molecule has 0 spiro atoms. The third-order valence-electron chi connectivity index (χ3n) is 6.82. The minimum atomic E-state index is -0.411. The highest BCUT2D eigenvalue weighted by molar-refractivity contribution is 5.94. The number of imidazole rings is 1. The van der Waals surface area contributed by atoms with Crippen molar-refractivity contribution in [3.05, 3.63) is 71.7 Å². The Morgan fingerprint density at radius 1 is 1.00 bits per heavy atom. The molecular formula is C25H30N4O2. The molecule has 1 atom stereocenters. The number of aromatic nitrogens is 2. The van der Waals surface area contributed by atoms with Crippen LogP contribution in [0.2, 0.25) is 0 Å². The first-order valence-electron chi connectivity index (χ1n) is 11.4. The summed E-state index contributed by atoms with van der Waals surface area (Å²) in [7, 11) is 0. The maximum absolute atomic E-state index is 13.2. The molecule has 3 aromatic rings. The first-order valence-corrected chi connectivity index (χ1v) is 11.4. The predicted octanol–water partition coefficient (Wildman–Crippen LogP) is 3.52. The number of hydrogen-bond donors (Lipinski definition) is 1. The smallest absolute Gasteiger partial charge is 0.274 e. The zero-order valence-corrected chi connectivity index (χ0v) is 17.9. The molecule has 5 rings (SSSR count). The van der Waals surface area contributed by atoms with Crippen LogP contribution in [0.15, 0.2) is 54.7 Å². The van der Waals surface area contributed by atoms with E-state index in [1.54, 1.807) is 0 Å². The van der Waals surface area contributed by atoms with Crippen LogP contribution in [0.1, 0.15) is 53.5 Å². The van der Waals surface area contributed by atoms with Crippen molar-refractivity contribution in [3.63, 3.8) is 0 Å². The number of carbonyl (C=O) groups is 1. The molecule has 6 heteroatoms. The minimum Gasteiger partial charge on any atom is -0.388 e. The summed E-state index contributed by atoms with van der Waals surface area (Å²) in [6.45, 7) is 4.18. The number of pyridine rings is 1. The summed E-state index contributed by atoms with van der Waals surface area (Å²) in [6.07, 6.45) is 5.64. The highest BCUT2D eigenvalue weighted by atomic mass is 16.3. The fraction of sp³-hybridized carbons (Fsp3) is 0.440. The molecule has 0 bridgehead atoms. The molecule has 4 heterocycles. The number of aliphatic hydroxyl groups is 1. The van der Waals surface area contributed by atoms with Gasteiger partial charge in [-0.05, 0) is 62.4 Å². The van der Waals surface area contributed by atoms with E-state index in [0.717, 1.165) is 68.8 Å². The van der Waals surface area contributed by atoms with Crippen molar-refractivity contribution in [3.8, 4) is 0 Å². The van der Waals surface area contributed by atoms with Crippen molar-refractivity contribution in [1.29, 1.82) is 0 Å². The summed E-state index contributed by atoms with van der Waals surface area (Å²) in [6, 6.07) is 15.9. The van der Waals surface area contributed by atoms with Crippen LogP contribution in [0.4, 0.5) is 0 Å². The van der Waals surface area contributed by atoms with Crippen LogP contribution < -0.4 is 0 Å². The minimum absolute atomic E-state index is 0.0607. The lowest BCUT2D eigenvalue weighted by atomic mass is 9.87. The first-order chi connectivity index (χ1) is 15.2. The van der Waals surface area contributed by atoms with Crippen molar-refractivity contribution in [1.82, 2.24) is 19.2 Å². The number of rotatable bonds is 5. The van der Waals surface area contributed by atoms with E-state index in [-0.39, 0.29) is 11.8 Å². The number of hydrogen-bond acceptors (Lipinski definition) is 4. The lowest BCUT2D eigenvalue weighted by molar-refractivity contribution is 0.0561. The van der Waals surface area contributed by atoms with Gasteiger partial charge in [0.25, 0.3) is 5.91 Å². The molecule has 162 valence electrons. The molecule has 1 unspecified atom stereocenters. The second-order valence-electron chi connectivity index (χ2n) is 8.80. The van der Waals surface area contributed by atoms with E-state index in [2.05, 4.69) is 9.30 Å². The highest BCUT2D eigenvalue weighted by Gasteiger charge is 2.30. The van der Waals surface area contributed by atoms with E-state index in [0.29, 0.717) is 12.2 Å². The standard InChI is InChI=1S/C25H30N4O2/c30-24(19-8-2-1-3-9-19)20-11-16-27(17-12-20)18-21-23(25(31)28-13-6-7-14-28)26-22-10-4-5-15-29(21)22/h1-5,8-10,15,20,24,30H,6-7,11-14,16-18H2. The van der Waals surface area contributed by atoms with Gasteiger partial charge in [-0.1, -0.05) is 36.4 Å². The summed E-state index contributed by atoms with van der Waals surface area (Å²) in [5.41, 5.74) is 3.41. The van der Waals surface area contributed by atoms with E-state index >= 15 is 0 Å². The van der Waals surface area contributed by atoms with Crippen LogP contribution in [-0.2, 0) is 6.54 Å². The molecular weight excluding hydrogens is 388 g/mol. The van der Waals surface area contributed by atoms with Crippen molar-refractivity contribution < 1.29 is 9.90 Å². The summed E-state index contributed by atoms with van der Waals surface area (Å²) >= 11 is 0. The van der Waals surface area contributed by atoms with Crippen LogP contribution in [0.25, 0.3) is 5.65 Å². The fourth-order valence-corrected chi connectivity index (χ4v) is 5.00. The summed E-state index contributed by atoms with van der Waals surface area (Å²) < 4.78 is 2.06. The average Bonchev–Trinajstić information content (AvgIpc) is 3.48. The van der Waals surface area contributed by atoms with Crippen molar-refractivity contribution >= 4 is 11.6 Å². The van der Waals surface area contributed by atoms with E-state index in [1.807, 2.05) is 59.6 Å². The first kappa shape index (κ1) is 20.2. The predicted molar refractivity (Wildman–Crippen MR) is 120 cm³/mol. The molecule has 2 aliphatic rings. The Balaban J connectivity index is 1.32. The van der Waals surface area contributed by atoms with Gasteiger partial charge in [-0.2, -0.15) is 0 Å². The maximum atomic E-state index is 13.2. The highest BCUT2D eigenvalue weighted by Crippen LogP contribution is 2.31. The number of amides is 1. The Hall–Kier alpha value is -2.70. The molecule has 1 N–H and O–H groups in total. The number of benzene rings is 1. The number of nitrogens with zero attached hydrogens (tertiary/aromatic N) is 4. The number of carbonyl (C=O) groups excluding carboxylic acids is 1. The molecule has 2 aliphatic heterocycles. The van der Waals surface area contributed by atoms with Gasteiger partial charge in [0.05, 0.1) is 11.8 Å². The van der Waals surface area contributed by atoms with Crippen molar-refractivity contribution in [2.45, 2.75) is 38.3 Å². The Morgan fingerprint density at radius 3 is 2.45 bits per heavy atom. The van der Waals surface area contributed by atoms with Crippen molar-refractivity contribution in [2.24, 2.45) is 5.92 Å². The van der Waals surface area contributed by atoms with Crippen LogP contribution in [0.5, 0.6) is 0 Å². The second-order valence-corrected chi connectivity index (χ2v) is 8.80. The van der Waals surface area contributed by atoms with Crippen LogP contribution in [0, 0.1) is 5.92 Å². The molecule has 1 amide bonds. The van der Waals surface area contributed by atoms with Gasteiger partial charge in [-0.25, -0.2) is 4.98 Å². The zero-order chi connectivity index (χ0) is 21.2. The van der Waals surface area contributed by atoms with Gasteiger partial charge >= 0.3 is 0 Å². The van der Waals surface area contributed by atoms with E-state index < -0.39 is 6.10 Å². The third kappa shape index (κ3) is 4.10. The van der Waals surface area contributed by atoms with Gasteiger partial charge in [0.2, 0.25) is 0 Å². The van der Waals surface area contributed by atoms with E-state index in [9.17, 15) is 9.90 Å². The van der Waals surface area contributed by atoms with E-state index in [1.165, 1.54) is 0 Å². The van der Waals surface area contributed by atoms with Gasteiger partial charge in [0, 0.05) is 25.8 Å². The maximum Gasteiger partial charge on any atom is 0.274 e. The Morgan fingerprint density at radius 2 is 1.71 bits per heavy atom. The summed E-state index contributed by atoms with van der Waals surface area (Å²) in [5.74, 6) is 0.331. The molecule has 2 fully saturated rings. The molecule has 0 aliphatic carbocycles. The fourth-order valence-electron chi connectivity index (χ4n) is 5.00. The quantitative estimate of drug-likeness (QED) is 0.689. The molecule has 31 heavy (non-hydrogen) atoms. The van der Waals surface area contributed by atoms with Gasteiger partial charge in [0.1, 0.15) is 5.65 Å². The van der Waals surface area contributed by atoms with Gasteiger partial charge in [-0.3, -0.25) is 9.69 Å². The van der Waals surface area contributed by atoms with Crippen LogP contribution in [0.3, 0.4) is 0 Å². The van der Waals surface area contributed by atoms with Gasteiger partial charge in [0.15, 0.2) is 5.69 Å². The number of likely N-dealkylation sites (tertiary alicyclic amines) is 2. The normalized spacial score (nSPS) is 19.2. The largest absolute Gasteiger partial charge is 0.388 e. The van der Waals surface area contributed by atoms with Gasteiger partial charge in [-0.15, -0.1) is 0 Å². The molecule has 6 nitrogen and oxygen atoms in total. The number of fused-ring (bicyclic) bond motifs is 1. The Bertz CT molecular complexity index is 1030. The lowest BCUT2D eigenvalue weighted by Gasteiger charge is -2.34. The second kappa shape index (κ2) is 8.81. The zero-order valence-electron chi connectivity index (χ0n) is 17.9. The monoisotopic (exact) mass is 418 g/mol. The van der Waals surface area contributed by atoms with E-state index in [4.69, 9.17) is 4.98 Å².